The average molecular weight is 455 g/mol. The maximum absolute atomic E-state index is 13.5. The Morgan fingerprint density at radius 2 is 1.84 bits per heavy atom. The van der Waals surface area contributed by atoms with E-state index in [0.29, 0.717) is 5.92 Å². The standard InChI is InChI=1S/C25H28ClFN4O/c26-19-1-6-24-22(15-19)23(16-31(24)21-4-2-20(27)3-5-21)18-7-10-29(11-8-18)13-14-30-12-9-28-25(30)17-32/h1-6,15-18,25,28H,7-14H2. The van der Waals surface area contributed by atoms with Crippen molar-refractivity contribution >= 4 is 28.8 Å². The van der Waals surface area contributed by atoms with Crippen molar-refractivity contribution in [1.29, 1.82) is 0 Å². The van der Waals surface area contributed by atoms with Crippen molar-refractivity contribution in [3.63, 3.8) is 0 Å². The van der Waals surface area contributed by atoms with Gasteiger partial charge in [0.2, 0.25) is 0 Å². The predicted octanol–water partition coefficient (Wildman–Crippen LogP) is 4.03. The van der Waals surface area contributed by atoms with Crippen molar-refractivity contribution in [1.82, 2.24) is 19.7 Å². The predicted molar refractivity (Wildman–Crippen MR) is 126 cm³/mol. The summed E-state index contributed by atoms with van der Waals surface area (Å²) in [6.45, 7) is 5.81. The molecule has 3 aromatic rings. The third kappa shape index (κ3) is 4.33. The number of aldehydes is 1. The summed E-state index contributed by atoms with van der Waals surface area (Å²) < 4.78 is 15.6. The number of halogens is 2. The molecule has 2 fully saturated rings. The molecular formula is C25H28ClFN4O. The van der Waals surface area contributed by atoms with Gasteiger partial charge < -0.3 is 14.3 Å². The molecule has 32 heavy (non-hydrogen) atoms. The lowest BCUT2D eigenvalue weighted by atomic mass is 9.89. The number of rotatable bonds is 6. The van der Waals surface area contributed by atoms with Crippen LogP contribution in [0.3, 0.4) is 0 Å². The van der Waals surface area contributed by atoms with Crippen LogP contribution in [-0.2, 0) is 4.79 Å². The highest BCUT2D eigenvalue weighted by atomic mass is 35.5. The zero-order valence-electron chi connectivity index (χ0n) is 18.0. The third-order valence-corrected chi connectivity index (χ3v) is 7.14. The van der Waals surface area contributed by atoms with Crippen molar-refractivity contribution in [2.45, 2.75) is 24.9 Å². The summed E-state index contributed by atoms with van der Waals surface area (Å²) in [6, 6.07) is 12.6. The fraction of sp³-hybridized carbons (Fsp3) is 0.400. The van der Waals surface area contributed by atoms with Crippen LogP contribution >= 0.6 is 11.6 Å². The lowest BCUT2D eigenvalue weighted by Gasteiger charge is -2.33. The van der Waals surface area contributed by atoms with Crippen LogP contribution in [0.5, 0.6) is 0 Å². The van der Waals surface area contributed by atoms with Gasteiger partial charge >= 0.3 is 0 Å². The van der Waals surface area contributed by atoms with E-state index in [9.17, 15) is 9.18 Å². The minimum Gasteiger partial charge on any atom is -0.316 e. The molecule has 2 aromatic carbocycles. The number of hydrogen-bond acceptors (Lipinski definition) is 4. The Balaban J connectivity index is 1.31. The second-order valence-corrected chi connectivity index (χ2v) is 9.22. The highest BCUT2D eigenvalue weighted by Crippen LogP contribution is 2.37. The number of hydrogen-bond donors (Lipinski definition) is 1. The number of carbonyl (C=O) groups is 1. The Kier molecular flexibility index (Phi) is 6.28. The Labute approximate surface area is 192 Å². The first-order valence-electron chi connectivity index (χ1n) is 11.3. The van der Waals surface area contributed by atoms with Crippen LogP contribution in [0.2, 0.25) is 5.02 Å². The highest BCUT2D eigenvalue weighted by Gasteiger charge is 2.27. The summed E-state index contributed by atoms with van der Waals surface area (Å²) in [5.74, 6) is 0.232. The summed E-state index contributed by atoms with van der Waals surface area (Å²) in [5, 5.41) is 5.13. The van der Waals surface area contributed by atoms with Crippen LogP contribution in [0.15, 0.2) is 48.7 Å². The van der Waals surface area contributed by atoms with Gasteiger partial charge in [-0.2, -0.15) is 0 Å². The molecule has 7 heteroatoms. The van der Waals surface area contributed by atoms with E-state index < -0.39 is 0 Å². The van der Waals surface area contributed by atoms with Crippen LogP contribution in [0.1, 0.15) is 24.3 Å². The highest BCUT2D eigenvalue weighted by molar-refractivity contribution is 6.31. The Morgan fingerprint density at radius 3 is 2.59 bits per heavy atom. The van der Waals surface area contributed by atoms with Crippen molar-refractivity contribution in [2.75, 3.05) is 39.3 Å². The molecule has 2 saturated heterocycles. The lowest BCUT2D eigenvalue weighted by molar-refractivity contribution is -0.112. The van der Waals surface area contributed by atoms with E-state index in [0.717, 1.165) is 74.6 Å². The van der Waals surface area contributed by atoms with E-state index in [4.69, 9.17) is 11.6 Å². The topological polar surface area (TPSA) is 40.5 Å². The Hall–Kier alpha value is -2.25. The average Bonchev–Trinajstić information content (AvgIpc) is 3.42. The van der Waals surface area contributed by atoms with Crippen molar-refractivity contribution < 1.29 is 9.18 Å². The second kappa shape index (κ2) is 9.32. The van der Waals surface area contributed by atoms with Crippen molar-refractivity contribution in [3.8, 4) is 5.69 Å². The van der Waals surface area contributed by atoms with E-state index in [2.05, 4.69) is 31.9 Å². The summed E-state index contributed by atoms with van der Waals surface area (Å²) in [7, 11) is 0. The van der Waals surface area contributed by atoms with Gasteiger partial charge in [-0.3, -0.25) is 10.2 Å². The summed E-state index contributed by atoms with van der Waals surface area (Å²) >= 11 is 6.35. The smallest absolute Gasteiger partial charge is 0.151 e. The molecule has 168 valence electrons. The van der Waals surface area contributed by atoms with Crippen LogP contribution in [0, 0.1) is 5.82 Å². The van der Waals surface area contributed by atoms with Crippen molar-refractivity contribution in [3.05, 3.63) is 65.1 Å². The third-order valence-electron chi connectivity index (χ3n) is 6.91. The normalized spacial score (nSPS) is 20.9. The first kappa shape index (κ1) is 21.6. The largest absolute Gasteiger partial charge is 0.316 e. The van der Waals surface area contributed by atoms with Gasteiger partial charge in [-0.25, -0.2) is 4.39 Å². The van der Waals surface area contributed by atoms with Gasteiger partial charge in [-0.15, -0.1) is 0 Å². The minimum absolute atomic E-state index is 0.130. The van der Waals surface area contributed by atoms with Crippen molar-refractivity contribution in [2.24, 2.45) is 0 Å². The van der Waals surface area contributed by atoms with Crippen LogP contribution in [0.25, 0.3) is 16.6 Å². The summed E-state index contributed by atoms with van der Waals surface area (Å²) in [6.07, 6.45) is 5.25. The maximum atomic E-state index is 13.5. The van der Waals surface area contributed by atoms with Crippen LogP contribution in [0.4, 0.5) is 4.39 Å². The maximum Gasteiger partial charge on any atom is 0.151 e. The monoisotopic (exact) mass is 454 g/mol. The van der Waals surface area contributed by atoms with Gasteiger partial charge in [-0.05, 0) is 79.9 Å². The number of carbonyl (C=O) groups excluding carboxylic acids is 1. The fourth-order valence-electron chi connectivity index (χ4n) is 5.12. The Bertz CT molecular complexity index is 1090. The molecule has 0 spiro atoms. The minimum atomic E-state index is -0.231. The molecule has 5 nitrogen and oxygen atoms in total. The van der Waals surface area contributed by atoms with Gasteiger partial charge in [0.05, 0.1) is 5.52 Å². The number of nitrogens with one attached hydrogen (secondary N) is 1. The number of benzene rings is 2. The molecule has 0 saturated carbocycles. The zero-order valence-corrected chi connectivity index (χ0v) is 18.8. The van der Waals surface area contributed by atoms with Crippen LogP contribution in [-0.4, -0.2) is 66.1 Å². The molecule has 1 aromatic heterocycles. The van der Waals surface area contributed by atoms with E-state index in [-0.39, 0.29) is 12.0 Å². The van der Waals surface area contributed by atoms with E-state index in [1.54, 1.807) is 0 Å². The second-order valence-electron chi connectivity index (χ2n) is 8.78. The molecule has 1 unspecified atom stereocenters. The fourth-order valence-corrected chi connectivity index (χ4v) is 5.29. The van der Waals surface area contributed by atoms with Gasteiger partial charge in [0, 0.05) is 48.5 Å². The molecule has 1 atom stereocenters. The van der Waals surface area contributed by atoms with E-state index in [1.165, 1.54) is 23.1 Å². The number of nitrogens with zero attached hydrogens (tertiary/aromatic N) is 3. The molecule has 3 heterocycles. The molecule has 1 N–H and O–H groups in total. The molecule has 0 bridgehead atoms. The number of aromatic nitrogens is 1. The first-order valence-corrected chi connectivity index (χ1v) is 11.7. The SMILES string of the molecule is O=CC1NCCN1CCN1CCC(c2cn(-c3ccc(F)cc3)c3ccc(Cl)cc23)CC1. The van der Waals surface area contributed by atoms with Gasteiger partial charge in [-0.1, -0.05) is 11.6 Å². The Morgan fingerprint density at radius 1 is 1.06 bits per heavy atom. The van der Waals surface area contributed by atoms with Gasteiger partial charge in [0.15, 0.2) is 6.29 Å². The van der Waals surface area contributed by atoms with E-state index >= 15 is 0 Å². The zero-order chi connectivity index (χ0) is 22.1. The lowest BCUT2D eigenvalue weighted by Crippen LogP contribution is -2.43. The molecule has 2 aliphatic heterocycles. The molecule has 0 aliphatic carbocycles. The molecule has 0 amide bonds. The van der Waals surface area contributed by atoms with Gasteiger partial charge in [0.1, 0.15) is 12.0 Å². The quantitative estimate of drug-likeness (QED) is 0.571. The molecule has 5 rings (SSSR count). The molecular weight excluding hydrogens is 427 g/mol. The molecule has 2 aliphatic rings. The van der Waals surface area contributed by atoms with E-state index in [1.807, 2.05) is 24.3 Å². The van der Waals surface area contributed by atoms with Gasteiger partial charge in [0.25, 0.3) is 0 Å². The summed E-state index contributed by atoms with van der Waals surface area (Å²) in [5.41, 5.74) is 3.36. The van der Waals surface area contributed by atoms with Crippen LogP contribution < -0.4 is 5.32 Å². The first-order chi connectivity index (χ1) is 15.6. The molecule has 0 radical (unpaired) electrons. The number of piperidine rings is 1. The number of likely N-dealkylation sites (tertiary alicyclic amines) is 1. The summed E-state index contributed by atoms with van der Waals surface area (Å²) in [4.78, 5) is 15.9. The number of fused-ring (bicyclic) bond motifs is 1.